The Labute approximate surface area is 196 Å². The average molecular weight is 465 g/mol. The lowest BCUT2D eigenvalue weighted by Gasteiger charge is -2.28. The average Bonchev–Trinajstić information content (AvgIpc) is 3.14. The van der Waals surface area contributed by atoms with Crippen LogP contribution in [0.1, 0.15) is 49.8 Å². The van der Waals surface area contributed by atoms with Crippen LogP contribution >= 0.6 is 11.6 Å². The number of nitrogens with two attached hydrogens (primary N) is 1. The summed E-state index contributed by atoms with van der Waals surface area (Å²) in [4.78, 5) is 29.9. The Bertz CT molecular complexity index is 1330. The summed E-state index contributed by atoms with van der Waals surface area (Å²) in [5.74, 6) is 1.51. The molecule has 10 heteroatoms. The van der Waals surface area contributed by atoms with Crippen molar-refractivity contribution in [2.45, 2.75) is 46.0 Å². The molecule has 33 heavy (non-hydrogen) atoms. The number of nitrogen functional groups attached to an aromatic ring is 1. The molecule has 0 bridgehead atoms. The van der Waals surface area contributed by atoms with E-state index in [2.05, 4.69) is 32.3 Å². The van der Waals surface area contributed by atoms with Gasteiger partial charge in [0.15, 0.2) is 11.5 Å². The van der Waals surface area contributed by atoms with Crippen LogP contribution in [0.25, 0.3) is 17.2 Å². The third-order valence-electron chi connectivity index (χ3n) is 5.53. The standard InChI is InChI=1S/C23H25ClN8O/c1-5-6-16-22-27-13(2)31-32(22)11-17(28-16)20-29-19(25)18(21(30-20)26-12-33)23(3,4)14-7-9-15(24)10-8-14/h7-12H,5-6H2,1-4H3,(H3,25,26,29,30,33). The van der Waals surface area contributed by atoms with Gasteiger partial charge in [-0.2, -0.15) is 5.10 Å². The van der Waals surface area contributed by atoms with Gasteiger partial charge in [0.1, 0.15) is 23.2 Å². The van der Waals surface area contributed by atoms with Gasteiger partial charge in [-0.05, 0) is 31.0 Å². The second-order valence-corrected chi connectivity index (χ2v) is 8.74. The van der Waals surface area contributed by atoms with Crippen LogP contribution in [0.4, 0.5) is 11.6 Å². The number of anilines is 2. The third kappa shape index (κ3) is 4.23. The summed E-state index contributed by atoms with van der Waals surface area (Å²) in [5.41, 5.74) is 9.41. The molecule has 0 aliphatic carbocycles. The molecule has 0 atom stereocenters. The molecule has 1 aromatic carbocycles. The van der Waals surface area contributed by atoms with Crippen LogP contribution in [0.3, 0.4) is 0 Å². The number of carbonyl (C=O) groups excluding carboxylic acids is 1. The predicted octanol–water partition coefficient (Wildman–Crippen LogP) is 3.97. The smallest absolute Gasteiger partial charge is 0.212 e. The van der Waals surface area contributed by atoms with E-state index in [-0.39, 0.29) is 5.82 Å². The molecule has 3 aromatic heterocycles. The number of hydrogen-bond donors (Lipinski definition) is 2. The molecule has 9 nitrogen and oxygen atoms in total. The Morgan fingerprint density at radius 3 is 2.55 bits per heavy atom. The van der Waals surface area contributed by atoms with E-state index >= 15 is 0 Å². The van der Waals surface area contributed by atoms with Crippen LogP contribution in [0, 0.1) is 6.92 Å². The summed E-state index contributed by atoms with van der Waals surface area (Å²) in [6.07, 6.45) is 3.92. The number of hydrogen-bond acceptors (Lipinski definition) is 7. The van der Waals surface area contributed by atoms with E-state index in [1.165, 1.54) is 0 Å². The molecule has 0 saturated carbocycles. The van der Waals surface area contributed by atoms with Gasteiger partial charge in [-0.25, -0.2) is 24.5 Å². The molecule has 4 rings (SSSR count). The molecule has 0 spiro atoms. The molecular formula is C23H25ClN8O. The molecule has 0 aliphatic rings. The molecule has 4 aromatic rings. The number of benzene rings is 1. The number of rotatable bonds is 7. The number of amides is 1. The summed E-state index contributed by atoms with van der Waals surface area (Å²) >= 11 is 6.06. The Balaban J connectivity index is 1.89. The van der Waals surface area contributed by atoms with E-state index in [4.69, 9.17) is 22.3 Å². The molecule has 0 radical (unpaired) electrons. The quantitative estimate of drug-likeness (QED) is 0.396. The van der Waals surface area contributed by atoms with Crippen molar-refractivity contribution in [1.82, 2.24) is 29.5 Å². The van der Waals surface area contributed by atoms with Crippen molar-refractivity contribution in [1.29, 1.82) is 0 Å². The lowest BCUT2D eigenvalue weighted by atomic mass is 9.78. The first-order valence-electron chi connectivity index (χ1n) is 10.6. The largest absolute Gasteiger partial charge is 0.383 e. The Hall–Kier alpha value is -3.59. The minimum atomic E-state index is -0.605. The number of fused-ring (bicyclic) bond motifs is 1. The van der Waals surface area contributed by atoms with E-state index in [9.17, 15) is 4.79 Å². The molecule has 1 amide bonds. The normalized spacial score (nSPS) is 11.7. The number of nitrogens with zero attached hydrogens (tertiary/aromatic N) is 6. The van der Waals surface area contributed by atoms with Crippen molar-refractivity contribution in [3.63, 3.8) is 0 Å². The third-order valence-corrected chi connectivity index (χ3v) is 5.79. The maximum atomic E-state index is 11.4. The lowest BCUT2D eigenvalue weighted by Crippen LogP contribution is -2.24. The van der Waals surface area contributed by atoms with Crippen molar-refractivity contribution in [3.8, 4) is 11.5 Å². The minimum Gasteiger partial charge on any atom is -0.383 e. The monoisotopic (exact) mass is 464 g/mol. The first-order chi connectivity index (χ1) is 15.7. The van der Waals surface area contributed by atoms with Gasteiger partial charge in [-0.3, -0.25) is 4.79 Å². The highest BCUT2D eigenvalue weighted by Gasteiger charge is 2.31. The minimum absolute atomic E-state index is 0.248. The van der Waals surface area contributed by atoms with Gasteiger partial charge in [0.25, 0.3) is 0 Å². The first kappa shape index (κ1) is 22.6. The summed E-state index contributed by atoms with van der Waals surface area (Å²) in [6.45, 7) is 7.88. The van der Waals surface area contributed by atoms with Gasteiger partial charge in [-0.1, -0.05) is 50.9 Å². The lowest BCUT2D eigenvalue weighted by molar-refractivity contribution is -0.105. The Kier molecular flexibility index (Phi) is 5.99. The Morgan fingerprint density at radius 1 is 1.15 bits per heavy atom. The summed E-state index contributed by atoms with van der Waals surface area (Å²) in [5, 5.41) is 7.75. The van der Waals surface area contributed by atoms with Crippen LogP contribution in [-0.4, -0.2) is 36.0 Å². The van der Waals surface area contributed by atoms with Crippen LogP contribution in [0.2, 0.25) is 5.02 Å². The second-order valence-electron chi connectivity index (χ2n) is 8.30. The molecule has 0 unspecified atom stereocenters. The maximum Gasteiger partial charge on any atom is 0.212 e. The fourth-order valence-corrected chi connectivity index (χ4v) is 4.08. The molecule has 3 heterocycles. The highest BCUT2D eigenvalue weighted by atomic mass is 35.5. The summed E-state index contributed by atoms with van der Waals surface area (Å²) in [6, 6.07) is 7.45. The summed E-state index contributed by atoms with van der Waals surface area (Å²) in [7, 11) is 0. The van der Waals surface area contributed by atoms with Gasteiger partial charge in [0.05, 0.1) is 11.9 Å². The molecule has 3 N–H and O–H groups in total. The molecular weight excluding hydrogens is 440 g/mol. The van der Waals surface area contributed by atoms with E-state index in [0.29, 0.717) is 45.8 Å². The van der Waals surface area contributed by atoms with E-state index in [1.807, 2.05) is 45.0 Å². The zero-order valence-electron chi connectivity index (χ0n) is 18.9. The highest BCUT2D eigenvalue weighted by molar-refractivity contribution is 6.30. The fraction of sp³-hybridized carbons (Fsp3) is 0.304. The van der Waals surface area contributed by atoms with Gasteiger partial charge < -0.3 is 11.1 Å². The SMILES string of the molecule is CCCc1nc(-c2nc(N)c(C(C)(C)c3ccc(Cl)cc3)c(NC=O)n2)cn2nc(C)nc12. The molecule has 0 fully saturated rings. The Morgan fingerprint density at radius 2 is 1.88 bits per heavy atom. The van der Waals surface area contributed by atoms with Crippen molar-refractivity contribution in [2.24, 2.45) is 0 Å². The van der Waals surface area contributed by atoms with Gasteiger partial charge in [-0.15, -0.1) is 0 Å². The number of aromatic nitrogens is 6. The van der Waals surface area contributed by atoms with Crippen molar-refractivity contribution in [2.75, 3.05) is 11.1 Å². The number of nitrogens with one attached hydrogen (secondary N) is 1. The van der Waals surface area contributed by atoms with Crippen LogP contribution in [-0.2, 0) is 16.6 Å². The molecule has 0 saturated heterocycles. The number of carbonyl (C=O) groups is 1. The van der Waals surface area contributed by atoms with Crippen LogP contribution in [0.15, 0.2) is 30.5 Å². The van der Waals surface area contributed by atoms with E-state index in [1.54, 1.807) is 10.7 Å². The predicted molar refractivity (Wildman–Crippen MR) is 128 cm³/mol. The van der Waals surface area contributed by atoms with Crippen LogP contribution < -0.4 is 11.1 Å². The zero-order chi connectivity index (χ0) is 23.8. The second kappa shape index (κ2) is 8.74. The van der Waals surface area contributed by atoms with Crippen LogP contribution in [0.5, 0.6) is 0 Å². The molecule has 0 aliphatic heterocycles. The van der Waals surface area contributed by atoms with Gasteiger partial charge >= 0.3 is 0 Å². The maximum absolute atomic E-state index is 11.4. The first-order valence-corrected chi connectivity index (χ1v) is 11.0. The van der Waals surface area contributed by atoms with Crippen molar-refractivity contribution in [3.05, 3.63) is 58.1 Å². The van der Waals surface area contributed by atoms with Gasteiger partial charge in [0.2, 0.25) is 6.41 Å². The van der Waals surface area contributed by atoms with Crippen molar-refractivity contribution >= 4 is 35.3 Å². The van der Waals surface area contributed by atoms with Gasteiger partial charge in [0, 0.05) is 16.0 Å². The summed E-state index contributed by atoms with van der Waals surface area (Å²) < 4.78 is 1.68. The highest BCUT2D eigenvalue weighted by Crippen LogP contribution is 2.39. The van der Waals surface area contributed by atoms with E-state index < -0.39 is 5.41 Å². The van der Waals surface area contributed by atoms with E-state index in [0.717, 1.165) is 24.1 Å². The molecule has 170 valence electrons. The fourth-order valence-electron chi connectivity index (χ4n) is 3.95. The number of halogens is 1. The topological polar surface area (TPSA) is 124 Å². The zero-order valence-corrected chi connectivity index (χ0v) is 19.7. The number of aryl methyl sites for hydroxylation is 2. The van der Waals surface area contributed by atoms with Crippen molar-refractivity contribution < 1.29 is 4.79 Å².